The second kappa shape index (κ2) is 8.41. The minimum Gasteiger partial charge on any atom is -0.493 e. The fourth-order valence-electron chi connectivity index (χ4n) is 2.48. The van der Waals surface area contributed by atoms with Gasteiger partial charge in [-0.2, -0.15) is 4.98 Å². The van der Waals surface area contributed by atoms with Crippen molar-refractivity contribution in [3.8, 4) is 5.75 Å². The van der Waals surface area contributed by atoms with Crippen molar-refractivity contribution in [1.29, 1.82) is 0 Å². The van der Waals surface area contributed by atoms with Crippen molar-refractivity contribution in [3.05, 3.63) is 41.5 Å². The SMILES string of the molecule is CN=C(NCc1noc(C(C)(C)C)n1)NCc1ccccc1OCC1CC1. The van der Waals surface area contributed by atoms with E-state index in [1.807, 2.05) is 39.0 Å². The molecule has 1 saturated carbocycles. The Kier molecular flexibility index (Phi) is 5.98. The van der Waals surface area contributed by atoms with Crippen LogP contribution < -0.4 is 15.4 Å². The van der Waals surface area contributed by atoms with Crippen molar-refractivity contribution in [2.45, 2.75) is 52.1 Å². The zero-order valence-corrected chi connectivity index (χ0v) is 16.6. The molecule has 3 rings (SSSR count). The largest absolute Gasteiger partial charge is 0.493 e. The number of aliphatic imine (C=N–C) groups is 1. The van der Waals surface area contributed by atoms with Crippen molar-refractivity contribution < 1.29 is 9.26 Å². The topological polar surface area (TPSA) is 84.6 Å². The Hall–Kier alpha value is -2.57. The van der Waals surface area contributed by atoms with Gasteiger partial charge in [0.1, 0.15) is 5.75 Å². The van der Waals surface area contributed by atoms with Crippen LogP contribution >= 0.6 is 0 Å². The number of benzene rings is 1. The van der Waals surface area contributed by atoms with Crippen molar-refractivity contribution >= 4 is 5.96 Å². The van der Waals surface area contributed by atoms with E-state index < -0.39 is 0 Å². The molecule has 1 aromatic heterocycles. The summed E-state index contributed by atoms with van der Waals surface area (Å²) in [5, 5.41) is 10.5. The van der Waals surface area contributed by atoms with E-state index in [2.05, 4.69) is 31.8 Å². The standard InChI is InChI=1S/C20H29N5O2/c1-20(2,3)18-24-17(25-27-18)12-23-19(21-4)22-11-15-7-5-6-8-16(15)26-13-14-9-10-14/h5-8,14H,9-13H2,1-4H3,(H2,21,22,23). The molecule has 0 unspecified atom stereocenters. The average Bonchev–Trinajstić information content (AvgIpc) is 3.34. The fourth-order valence-corrected chi connectivity index (χ4v) is 2.48. The number of guanidine groups is 1. The number of rotatable bonds is 7. The summed E-state index contributed by atoms with van der Waals surface area (Å²) in [5.41, 5.74) is 0.950. The number of hydrogen-bond donors (Lipinski definition) is 2. The molecule has 0 radical (unpaired) electrons. The van der Waals surface area contributed by atoms with Crippen molar-refractivity contribution in [2.24, 2.45) is 10.9 Å². The minimum absolute atomic E-state index is 0.157. The van der Waals surface area contributed by atoms with E-state index in [9.17, 15) is 0 Å². The van der Waals surface area contributed by atoms with Gasteiger partial charge in [-0.05, 0) is 24.8 Å². The molecule has 7 nitrogen and oxygen atoms in total. The smallest absolute Gasteiger partial charge is 0.232 e. The molecule has 27 heavy (non-hydrogen) atoms. The Morgan fingerprint density at radius 3 is 2.63 bits per heavy atom. The molecule has 0 aliphatic heterocycles. The quantitative estimate of drug-likeness (QED) is 0.575. The average molecular weight is 371 g/mol. The van der Waals surface area contributed by atoms with Gasteiger partial charge in [0.15, 0.2) is 11.8 Å². The molecule has 1 aliphatic rings. The summed E-state index contributed by atoms with van der Waals surface area (Å²) in [4.78, 5) is 8.68. The molecule has 1 aliphatic carbocycles. The predicted molar refractivity (Wildman–Crippen MR) is 105 cm³/mol. The van der Waals surface area contributed by atoms with Crippen LogP contribution in [0.4, 0.5) is 0 Å². The molecule has 0 bridgehead atoms. The van der Waals surface area contributed by atoms with Gasteiger partial charge in [-0.3, -0.25) is 4.99 Å². The molecule has 7 heteroatoms. The van der Waals surface area contributed by atoms with Gasteiger partial charge in [0.05, 0.1) is 13.2 Å². The predicted octanol–water partition coefficient (Wildman–Crippen LogP) is 3.02. The van der Waals surface area contributed by atoms with E-state index in [0.29, 0.717) is 30.8 Å². The number of hydrogen-bond acceptors (Lipinski definition) is 5. The first-order chi connectivity index (χ1) is 13.0. The third-order valence-corrected chi connectivity index (χ3v) is 4.34. The van der Waals surface area contributed by atoms with Gasteiger partial charge in [-0.15, -0.1) is 0 Å². The van der Waals surface area contributed by atoms with Crippen LogP contribution in [0.3, 0.4) is 0 Å². The van der Waals surface area contributed by atoms with E-state index in [1.54, 1.807) is 7.05 Å². The summed E-state index contributed by atoms with van der Waals surface area (Å²) in [7, 11) is 1.74. The first-order valence-corrected chi connectivity index (χ1v) is 9.44. The van der Waals surface area contributed by atoms with Crippen molar-refractivity contribution in [1.82, 2.24) is 20.8 Å². The second-order valence-electron chi connectivity index (χ2n) is 7.91. The first kappa shape index (κ1) is 19.2. The Labute approximate surface area is 160 Å². The van der Waals surface area contributed by atoms with Crippen LogP contribution in [0.1, 0.15) is 50.9 Å². The Morgan fingerprint density at radius 1 is 1.22 bits per heavy atom. The zero-order chi connectivity index (χ0) is 19.3. The Morgan fingerprint density at radius 2 is 1.96 bits per heavy atom. The monoisotopic (exact) mass is 371 g/mol. The van der Waals surface area contributed by atoms with E-state index >= 15 is 0 Å². The summed E-state index contributed by atoms with van der Waals surface area (Å²) < 4.78 is 11.3. The first-order valence-electron chi connectivity index (χ1n) is 9.44. The van der Waals surface area contributed by atoms with Gasteiger partial charge in [-0.25, -0.2) is 0 Å². The van der Waals surface area contributed by atoms with Gasteiger partial charge in [0.25, 0.3) is 0 Å². The van der Waals surface area contributed by atoms with E-state index in [0.717, 1.165) is 23.8 Å². The molecule has 146 valence electrons. The highest BCUT2D eigenvalue weighted by Gasteiger charge is 2.23. The van der Waals surface area contributed by atoms with Gasteiger partial charge >= 0.3 is 0 Å². The van der Waals surface area contributed by atoms with Crippen LogP contribution in [0.25, 0.3) is 0 Å². The number of nitrogens with zero attached hydrogens (tertiary/aromatic N) is 3. The summed E-state index contributed by atoms with van der Waals surface area (Å²) in [5.74, 6) is 3.57. The number of ether oxygens (including phenoxy) is 1. The molecular formula is C20H29N5O2. The third-order valence-electron chi connectivity index (χ3n) is 4.34. The Balaban J connectivity index is 1.51. The van der Waals surface area contributed by atoms with E-state index in [4.69, 9.17) is 9.26 Å². The molecule has 1 heterocycles. The van der Waals surface area contributed by atoms with Crippen LogP contribution in [-0.4, -0.2) is 29.8 Å². The van der Waals surface area contributed by atoms with Gasteiger partial charge in [0, 0.05) is 24.6 Å². The van der Waals surface area contributed by atoms with Crippen molar-refractivity contribution in [3.63, 3.8) is 0 Å². The lowest BCUT2D eigenvalue weighted by molar-refractivity contribution is 0.296. The fraction of sp³-hybridized carbons (Fsp3) is 0.550. The molecule has 0 atom stereocenters. The molecule has 0 spiro atoms. The van der Waals surface area contributed by atoms with E-state index in [-0.39, 0.29) is 5.41 Å². The zero-order valence-electron chi connectivity index (χ0n) is 16.6. The second-order valence-corrected chi connectivity index (χ2v) is 7.91. The highest BCUT2D eigenvalue weighted by Crippen LogP contribution is 2.30. The number of nitrogens with one attached hydrogen (secondary N) is 2. The van der Waals surface area contributed by atoms with Gasteiger partial charge < -0.3 is 19.9 Å². The molecule has 0 saturated heterocycles. The summed E-state index contributed by atoms with van der Waals surface area (Å²) in [6.45, 7) is 8.00. The highest BCUT2D eigenvalue weighted by molar-refractivity contribution is 5.79. The number of aromatic nitrogens is 2. The van der Waals surface area contributed by atoms with Crippen LogP contribution in [0.15, 0.2) is 33.8 Å². The van der Waals surface area contributed by atoms with Gasteiger partial charge in [0.2, 0.25) is 5.89 Å². The summed E-state index contributed by atoms with van der Waals surface area (Å²) in [6, 6.07) is 8.10. The lowest BCUT2D eigenvalue weighted by Crippen LogP contribution is -2.36. The molecular weight excluding hydrogens is 342 g/mol. The maximum Gasteiger partial charge on any atom is 0.232 e. The lowest BCUT2D eigenvalue weighted by atomic mass is 9.97. The highest BCUT2D eigenvalue weighted by atomic mass is 16.5. The number of para-hydroxylation sites is 1. The maximum absolute atomic E-state index is 5.96. The van der Waals surface area contributed by atoms with Crippen LogP contribution in [-0.2, 0) is 18.5 Å². The minimum atomic E-state index is -0.157. The molecule has 1 aromatic carbocycles. The van der Waals surface area contributed by atoms with Crippen molar-refractivity contribution in [2.75, 3.05) is 13.7 Å². The van der Waals surface area contributed by atoms with E-state index in [1.165, 1.54) is 12.8 Å². The van der Waals surface area contributed by atoms with Crippen LogP contribution in [0.5, 0.6) is 5.75 Å². The normalized spacial score (nSPS) is 14.9. The third kappa shape index (κ3) is 5.70. The van der Waals surface area contributed by atoms with Gasteiger partial charge in [-0.1, -0.05) is 44.1 Å². The Bertz CT molecular complexity index is 775. The van der Waals surface area contributed by atoms with Crippen LogP contribution in [0, 0.1) is 5.92 Å². The van der Waals surface area contributed by atoms with Crippen LogP contribution in [0.2, 0.25) is 0 Å². The summed E-state index contributed by atoms with van der Waals surface area (Å²) >= 11 is 0. The molecule has 0 amide bonds. The summed E-state index contributed by atoms with van der Waals surface area (Å²) in [6.07, 6.45) is 2.56. The molecule has 2 aromatic rings. The molecule has 2 N–H and O–H groups in total. The molecule has 1 fully saturated rings. The lowest BCUT2D eigenvalue weighted by Gasteiger charge is -2.14. The maximum atomic E-state index is 5.96.